The van der Waals surface area contributed by atoms with Gasteiger partial charge in [0.2, 0.25) is 0 Å². The van der Waals surface area contributed by atoms with Crippen molar-refractivity contribution >= 4 is 22.6 Å². The topological polar surface area (TPSA) is 39.4 Å². The van der Waals surface area contributed by atoms with Gasteiger partial charge in [0.25, 0.3) is 0 Å². The number of halogens is 2. The maximum atomic E-state index is 13.7. The number of benzene rings is 3. The van der Waals surface area contributed by atoms with E-state index in [9.17, 15) is 9.18 Å². The molecule has 0 saturated heterocycles. The van der Waals surface area contributed by atoms with E-state index in [1.165, 1.54) is 6.07 Å². The van der Waals surface area contributed by atoms with Crippen LogP contribution >= 0.6 is 11.6 Å². The highest BCUT2D eigenvalue weighted by Crippen LogP contribution is 2.26. The summed E-state index contributed by atoms with van der Waals surface area (Å²) in [5.41, 5.74) is 1.60. The lowest BCUT2D eigenvalue weighted by Crippen LogP contribution is -2.03. The van der Waals surface area contributed by atoms with Gasteiger partial charge in [0, 0.05) is 22.0 Å². The summed E-state index contributed by atoms with van der Waals surface area (Å²) in [7, 11) is 0. The monoisotopic (exact) mass is 380 g/mol. The summed E-state index contributed by atoms with van der Waals surface area (Å²) < 4.78 is 24.8. The molecule has 0 amide bonds. The third-order valence-electron chi connectivity index (χ3n) is 4.21. The average Bonchev–Trinajstić information content (AvgIpc) is 2.67. The van der Waals surface area contributed by atoms with Gasteiger partial charge in [0.05, 0.1) is 5.56 Å². The molecule has 4 aromatic rings. The Balaban J connectivity index is 1.63. The minimum Gasteiger partial charge on any atom is -0.489 e. The third kappa shape index (κ3) is 3.71. The smallest absolute Gasteiger partial charge is 0.344 e. The van der Waals surface area contributed by atoms with Gasteiger partial charge >= 0.3 is 5.63 Å². The molecule has 0 atom stereocenters. The summed E-state index contributed by atoms with van der Waals surface area (Å²) in [6, 6.07) is 20.4. The van der Waals surface area contributed by atoms with Crippen molar-refractivity contribution in [1.82, 2.24) is 0 Å². The molecule has 27 heavy (non-hydrogen) atoms. The molecule has 0 aliphatic carbocycles. The van der Waals surface area contributed by atoms with Gasteiger partial charge in [-0.1, -0.05) is 41.9 Å². The van der Waals surface area contributed by atoms with Gasteiger partial charge in [0.1, 0.15) is 23.8 Å². The molecule has 5 heteroatoms. The Morgan fingerprint density at radius 2 is 1.74 bits per heavy atom. The molecule has 0 fully saturated rings. The van der Waals surface area contributed by atoms with Crippen molar-refractivity contribution in [2.24, 2.45) is 0 Å². The van der Waals surface area contributed by atoms with Gasteiger partial charge in [0.15, 0.2) is 0 Å². The quantitative estimate of drug-likeness (QED) is 0.418. The Labute approximate surface area is 159 Å². The van der Waals surface area contributed by atoms with Crippen molar-refractivity contribution in [2.75, 3.05) is 0 Å². The van der Waals surface area contributed by atoms with E-state index in [1.54, 1.807) is 66.7 Å². The van der Waals surface area contributed by atoms with Crippen LogP contribution in [0.1, 0.15) is 5.56 Å². The van der Waals surface area contributed by atoms with Crippen molar-refractivity contribution in [2.45, 2.75) is 6.61 Å². The molecule has 0 spiro atoms. The van der Waals surface area contributed by atoms with E-state index < -0.39 is 5.63 Å². The summed E-state index contributed by atoms with van der Waals surface area (Å²) in [6.45, 7) is 0.0886. The Bertz CT molecular complexity index is 1170. The largest absolute Gasteiger partial charge is 0.489 e. The lowest BCUT2D eigenvalue weighted by atomic mass is 10.1. The molecule has 0 unspecified atom stereocenters. The van der Waals surface area contributed by atoms with Crippen molar-refractivity contribution in [3.8, 4) is 16.9 Å². The minimum atomic E-state index is -0.448. The minimum absolute atomic E-state index is 0.0886. The predicted molar refractivity (Wildman–Crippen MR) is 104 cm³/mol. The fraction of sp³-hybridized carbons (Fsp3) is 0.0455. The zero-order valence-electron chi connectivity index (χ0n) is 14.1. The number of rotatable bonds is 4. The molecule has 134 valence electrons. The van der Waals surface area contributed by atoms with E-state index in [1.807, 2.05) is 0 Å². The first-order valence-electron chi connectivity index (χ1n) is 8.30. The van der Waals surface area contributed by atoms with Crippen LogP contribution < -0.4 is 10.4 Å². The lowest BCUT2D eigenvalue weighted by molar-refractivity contribution is 0.300. The van der Waals surface area contributed by atoms with Crippen LogP contribution in [0.5, 0.6) is 5.75 Å². The van der Waals surface area contributed by atoms with Crippen molar-refractivity contribution < 1.29 is 13.5 Å². The van der Waals surface area contributed by atoms with Gasteiger partial charge in [-0.3, -0.25) is 0 Å². The van der Waals surface area contributed by atoms with Crippen LogP contribution in [0.3, 0.4) is 0 Å². The van der Waals surface area contributed by atoms with Crippen LogP contribution in [0.4, 0.5) is 4.39 Å². The maximum Gasteiger partial charge on any atom is 0.344 e. The highest BCUT2D eigenvalue weighted by Gasteiger charge is 2.09. The predicted octanol–water partition coefficient (Wildman–Crippen LogP) is 5.83. The molecule has 4 rings (SSSR count). The van der Waals surface area contributed by atoms with Gasteiger partial charge in [-0.05, 0) is 42.0 Å². The zero-order valence-corrected chi connectivity index (χ0v) is 14.9. The van der Waals surface area contributed by atoms with Crippen molar-refractivity contribution in [3.63, 3.8) is 0 Å². The first kappa shape index (κ1) is 17.3. The van der Waals surface area contributed by atoms with Crippen LogP contribution in [0.25, 0.3) is 22.1 Å². The maximum absolute atomic E-state index is 13.7. The SMILES string of the molecule is O=c1oc2cc(OCc3ccccc3F)ccc2cc1-c1ccc(Cl)cc1. The van der Waals surface area contributed by atoms with Crippen molar-refractivity contribution in [1.29, 1.82) is 0 Å². The summed E-state index contributed by atoms with van der Waals surface area (Å²) in [5, 5.41) is 1.36. The standard InChI is InChI=1S/C22H14ClFO3/c23-17-8-5-14(6-9-17)19-11-15-7-10-18(12-21(15)27-22(19)25)26-13-16-3-1-2-4-20(16)24/h1-12H,13H2. The summed E-state index contributed by atoms with van der Waals surface area (Å²) >= 11 is 5.90. The van der Waals surface area contributed by atoms with E-state index in [-0.39, 0.29) is 12.4 Å². The van der Waals surface area contributed by atoms with Crippen LogP contribution in [-0.4, -0.2) is 0 Å². The fourth-order valence-electron chi connectivity index (χ4n) is 2.79. The second kappa shape index (κ2) is 7.25. The molecule has 3 nitrogen and oxygen atoms in total. The van der Waals surface area contributed by atoms with Gasteiger partial charge in [-0.15, -0.1) is 0 Å². The molecule has 0 aliphatic heterocycles. The number of ether oxygens (including phenoxy) is 1. The van der Waals surface area contributed by atoms with E-state index >= 15 is 0 Å². The highest BCUT2D eigenvalue weighted by molar-refractivity contribution is 6.30. The Kier molecular flexibility index (Phi) is 4.65. The van der Waals surface area contributed by atoms with E-state index in [2.05, 4.69) is 0 Å². The first-order chi connectivity index (χ1) is 13.1. The molecule has 3 aromatic carbocycles. The molecule has 1 heterocycles. The summed E-state index contributed by atoms with van der Waals surface area (Å²) in [5.74, 6) is 0.172. The van der Waals surface area contributed by atoms with Crippen LogP contribution in [0.15, 0.2) is 82.0 Å². The molecular weight excluding hydrogens is 367 g/mol. The fourth-order valence-corrected chi connectivity index (χ4v) is 2.91. The second-order valence-electron chi connectivity index (χ2n) is 6.03. The van der Waals surface area contributed by atoms with Gasteiger partial charge in [-0.2, -0.15) is 0 Å². The summed E-state index contributed by atoms with van der Waals surface area (Å²) in [4.78, 5) is 12.4. The Morgan fingerprint density at radius 1 is 0.963 bits per heavy atom. The number of hydrogen-bond donors (Lipinski definition) is 0. The first-order valence-corrected chi connectivity index (χ1v) is 8.68. The van der Waals surface area contributed by atoms with Gasteiger partial charge in [-0.25, -0.2) is 9.18 Å². The Hall–Kier alpha value is -3.11. The number of fused-ring (bicyclic) bond motifs is 1. The lowest BCUT2D eigenvalue weighted by Gasteiger charge is -2.08. The Morgan fingerprint density at radius 3 is 2.52 bits per heavy atom. The highest BCUT2D eigenvalue weighted by atomic mass is 35.5. The van der Waals surface area contributed by atoms with Crippen LogP contribution in [0.2, 0.25) is 5.02 Å². The number of hydrogen-bond acceptors (Lipinski definition) is 3. The molecule has 0 bridgehead atoms. The molecule has 0 radical (unpaired) electrons. The second-order valence-corrected chi connectivity index (χ2v) is 6.47. The molecule has 0 N–H and O–H groups in total. The average molecular weight is 381 g/mol. The van der Waals surface area contributed by atoms with Gasteiger partial charge < -0.3 is 9.15 Å². The molecular formula is C22H14ClFO3. The van der Waals surface area contributed by atoms with E-state index in [0.29, 0.717) is 27.5 Å². The van der Waals surface area contributed by atoms with Crippen LogP contribution in [-0.2, 0) is 6.61 Å². The normalized spacial score (nSPS) is 10.9. The third-order valence-corrected chi connectivity index (χ3v) is 4.47. The molecule has 1 aromatic heterocycles. The zero-order chi connectivity index (χ0) is 18.8. The molecule has 0 saturated carbocycles. The summed E-state index contributed by atoms with van der Waals surface area (Å²) in [6.07, 6.45) is 0. The van der Waals surface area contributed by atoms with E-state index in [0.717, 1.165) is 10.9 Å². The van der Waals surface area contributed by atoms with Crippen LogP contribution in [0, 0.1) is 5.82 Å². The molecule has 0 aliphatic rings. The van der Waals surface area contributed by atoms with E-state index in [4.69, 9.17) is 20.8 Å². The van der Waals surface area contributed by atoms with Crippen molar-refractivity contribution in [3.05, 3.63) is 99.6 Å².